The standard InChI is InChI=1S/C15H15N5O3/c1-9-8-12(23-20-9)14(21)16-6-7-17-15(22)13-10-4-2-3-5-11(10)18-19-13/h2-5,8H,6-7H2,1H3,(H,16,21)(H,17,22)(H,18,19). The molecule has 0 spiro atoms. The molecule has 2 aromatic heterocycles. The number of carbonyl (C=O) groups is 2. The predicted molar refractivity (Wildman–Crippen MR) is 82.0 cm³/mol. The van der Waals surface area contributed by atoms with Crippen LogP contribution in [0.1, 0.15) is 26.7 Å². The minimum absolute atomic E-state index is 0.145. The van der Waals surface area contributed by atoms with Crippen molar-refractivity contribution in [2.24, 2.45) is 0 Å². The van der Waals surface area contributed by atoms with Crippen molar-refractivity contribution in [2.75, 3.05) is 13.1 Å². The van der Waals surface area contributed by atoms with Gasteiger partial charge in [-0.05, 0) is 13.0 Å². The van der Waals surface area contributed by atoms with Gasteiger partial charge in [-0.2, -0.15) is 5.10 Å². The number of hydrogen-bond acceptors (Lipinski definition) is 5. The fraction of sp³-hybridized carbons (Fsp3) is 0.200. The summed E-state index contributed by atoms with van der Waals surface area (Å²) in [5.74, 6) is -0.524. The molecule has 3 rings (SSSR count). The summed E-state index contributed by atoms with van der Waals surface area (Å²) < 4.78 is 4.85. The van der Waals surface area contributed by atoms with E-state index in [1.807, 2.05) is 24.3 Å². The van der Waals surface area contributed by atoms with Gasteiger partial charge in [0.2, 0.25) is 5.76 Å². The van der Waals surface area contributed by atoms with Gasteiger partial charge in [-0.3, -0.25) is 14.7 Å². The van der Waals surface area contributed by atoms with Crippen LogP contribution in [-0.2, 0) is 0 Å². The van der Waals surface area contributed by atoms with Gasteiger partial charge < -0.3 is 15.2 Å². The van der Waals surface area contributed by atoms with Gasteiger partial charge in [0.15, 0.2) is 5.69 Å². The third kappa shape index (κ3) is 3.20. The van der Waals surface area contributed by atoms with E-state index in [9.17, 15) is 9.59 Å². The van der Waals surface area contributed by atoms with Crippen LogP contribution < -0.4 is 10.6 Å². The average molecular weight is 313 g/mol. The Morgan fingerprint density at radius 1 is 1.17 bits per heavy atom. The summed E-state index contributed by atoms with van der Waals surface area (Å²) in [6.07, 6.45) is 0. The van der Waals surface area contributed by atoms with E-state index in [1.54, 1.807) is 13.0 Å². The molecule has 8 heteroatoms. The van der Waals surface area contributed by atoms with Gasteiger partial charge in [0, 0.05) is 24.5 Å². The molecule has 0 aliphatic rings. The van der Waals surface area contributed by atoms with Crippen molar-refractivity contribution < 1.29 is 14.1 Å². The maximum Gasteiger partial charge on any atom is 0.289 e. The lowest BCUT2D eigenvalue weighted by Gasteiger charge is -2.04. The molecular weight excluding hydrogens is 298 g/mol. The van der Waals surface area contributed by atoms with Crippen molar-refractivity contribution in [1.29, 1.82) is 0 Å². The van der Waals surface area contributed by atoms with Gasteiger partial charge in [0.05, 0.1) is 11.2 Å². The first-order chi connectivity index (χ1) is 11.1. The van der Waals surface area contributed by atoms with E-state index >= 15 is 0 Å². The zero-order valence-electron chi connectivity index (χ0n) is 12.4. The molecule has 0 bridgehead atoms. The Labute approximate surface area is 131 Å². The smallest absolute Gasteiger partial charge is 0.289 e. The zero-order valence-corrected chi connectivity index (χ0v) is 12.4. The highest BCUT2D eigenvalue weighted by molar-refractivity contribution is 6.04. The van der Waals surface area contributed by atoms with Gasteiger partial charge in [0.1, 0.15) is 0 Å². The number of H-pyrrole nitrogens is 1. The van der Waals surface area contributed by atoms with E-state index < -0.39 is 0 Å². The molecule has 3 aromatic rings. The second-order valence-corrected chi connectivity index (χ2v) is 4.96. The Kier molecular flexibility index (Phi) is 4.05. The summed E-state index contributed by atoms with van der Waals surface area (Å²) in [6.45, 7) is 2.28. The summed E-state index contributed by atoms with van der Waals surface area (Å²) in [5, 5.41) is 16.5. The summed E-state index contributed by atoms with van der Waals surface area (Å²) in [4.78, 5) is 23.8. The lowest BCUT2D eigenvalue weighted by Crippen LogP contribution is -2.34. The molecule has 0 atom stereocenters. The number of aromatic nitrogens is 3. The van der Waals surface area contributed by atoms with Crippen LogP contribution in [0.2, 0.25) is 0 Å². The number of aryl methyl sites for hydroxylation is 1. The van der Waals surface area contributed by atoms with Crippen LogP contribution in [0.3, 0.4) is 0 Å². The molecule has 0 aliphatic heterocycles. The van der Waals surface area contributed by atoms with E-state index in [1.165, 1.54) is 0 Å². The maximum atomic E-state index is 12.1. The topological polar surface area (TPSA) is 113 Å². The second kappa shape index (κ2) is 6.30. The molecule has 1 aromatic carbocycles. The average Bonchev–Trinajstić information content (AvgIpc) is 3.17. The Bertz CT molecular complexity index is 852. The van der Waals surface area contributed by atoms with Crippen molar-refractivity contribution in [1.82, 2.24) is 26.0 Å². The maximum absolute atomic E-state index is 12.1. The molecule has 2 amide bonds. The van der Waals surface area contributed by atoms with Crippen molar-refractivity contribution in [3.05, 3.63) is 47.5 Å². The number of nitrogens with zero attached hydrogens (tertiary/aromatic N) is 2. The first-order valence-electron chi connectivity index (χ1n) is 7.08. The normalized spacial score (nSPS) is 10.7. The number of carbonyl (C=O) groups excluding carboxylic acids is 2. The summed E-state index contributed by atoms with van der Waals surface area (Å²) in [6, 6.07) is 8.92. The molecule has 23 heavy (non-hydrogen) atoms. The van der Waals surface area contributed by atoms with Gasteiger partial charge in [0.25, 0.3) is 11.8 Å². The quantitative estimate of drug-likeness (QED) is 0.609. The molecule has 2 heterocycles. The molecule has 0 saturated heterocycles. The van der Waals surface area contributed by atoms with Crippen LogP contribution in [0.5, 0.6) is 0 Å². The predicted octanol–water partition coefficient (Wildman–Crippen LogP) is 1.02. The number of fused-ring (bicyclic) bond motifs is 1. The largest absolute Gasteiger partial charge is 0.351 e. The highest BCUT2D eigenvalue weighted by atomic mass is 16.5. The summed E-state index contributed by atoms with van der Waals surface area (Å²) >= 11 is 0. The molecule has 8 nitrogen and oxygen atoms in total. The Morgan fingerprint density at radius 3 is 2.65 bits per heavy atom. The van der Waals surface area contributed by atoms with Crippen molar-refractivity contribution in [3.63, 3.8) is 0 Å². The van der Waals surface area contributed by atoms with Crippen LogP contribution in [0, 0.1) is 6.92 Å². The number of amides is 2. The Hall–Kier alpha value is -3.16. The number of nitrogens with one attached hydrogen (secondary N) is 3. The fourth-order valence-electron chi connectivity index (χ4n) is 2.13. The van der Waals surface area contributed by atoms with Crippen LogP contribution >= 0.6 is 0 Å². The summed E-state index contributed by atoms with van der Waals surface area (Å²) in [7, 11) is 0. The summed E-state index contributed by atoms with van der Waals surface area (Å²) in [5.41, 5.74) is 1.76. The lowest BCUT2D eigenvalue weighted by molar-refractivity contribution is 0.0903. The number of para-hydroxylation sites is 1. The monoisotopic (exact) mass is 313 g/mol. The van der Waals surface area contributed by atoms with Gasteiger partial charge >= 0.3 is 0 Å². The third-order valence-electron chi connectivity index (χ3n) is 3.23. The van der Waals surface area contributed by atoms with E-state index in [4.69, 9.17) is 4.52 Å². The van der Waals surface area contributed by atoms with Crippen LogP contribution in [-0.4, -0.2) is 40.3 Å². The van der Waals surface area contributed by atoms with E-state index in [0.29, 0.717) is 11.4 Å². The molecule has 0 saturated carbocycles. The van der Waals surface area contributed by atoms with Crippen molar-refractivity contribution in [3.8, 4) is 0 Å². The zero-order chi connectivity index (χ0) is 16.2. The van der Waals surface area contributed by atoms with E-state index in [0.717, 1.165) is 10.9 Å². The van der Waals surface area contributed by atoms with E-state index in [2.05, 4.69) is 26.0 Å². The minimum Gasteiger partial charge on any atom is -0.351 e. The Balaban J connectivity index is 1.51. The number of hydrogen-bond donors (Lipinski definition) is 3. The first kappa shape index (κ1) is 14.8. The van der Waals surface area contributed by atoms with Crippen molar-refractivity contribution >= 4 is 22.7 Å². The highest BCUT2D eigenvalue weighted by Gasteiger charge is 2.14. The molecule has 118 valence electrons. The van der Waals surface area contributed by atoms with E-state index in [-0.39, 0.29) is 30.7 Å². The molecular formula is C15H15N5O3. The van der Waals surface area contributed by atoms with Crippen molar-refractivity contribution in [2.45, 2.75) is 6.92 Å². The lowest BCUT2D eigenvalue weighted by atomic mass is 10.2. The number of benzene rings is 1. The molecule has 0 fully saturated rings. The molecule has 0 radical (unpaired) electrons. The third-order valence-corrected chi connectivity index (χ3v) is 3.23. The number of aromatic amines is 1. The first-order valence-corrected chi connectivity index (χ1v) is 7.08. The van der Waals surface area contributed by atoms with Crippen LogP contribution in [0.25, 0.3) is 10.9 Å². The van der Waals surface area contributed by atoms with Gasteiger partial charge in [-0.15, -0.1) is 0 Å². The molecule has 0 aliphatic carbocycles. The van der Waals surface area contributed by atoms with Gasteiger partial charge in [-0.1, -0.05) is 23.4 Å². The van der Waals surface area contributed by atoms with Crippen LogP contribution in [0.15, 0.2) is 34.9 Å². The molecule has 3 N–H and O–H groups in total. The fourth-order valence-corrected chi connectivity index (χ4v) is 2.13. The number of rotatable bonds is 5. The second-order valence-electron chi connectivity index (χ2n) is 4.96. The highest BCUT2D eigenvalue weighted by Crippen LogP contribution is 2.14. The Morgan fingerprint density at radius 2 is 1.91 bits per heavy atom. The molecule has 0 unspecified atom stereocenters. The van der Waals surface area contributed by atoms with Crippen LogP contribution in [0.4, 0.5) is 0 Å². The van der Waals surface area contributed by atoms with Gasteiger partial charge in [-0.25, -0.2) is 0 Å². The minimum atomic E-state index is -0.370. The SMILES string of the molecule is Cc1cc(C(=O)NCCNC(=O)c2n[nH]c3ccccc23)on1.